The van der Waals surface area contributed by atoms with E-state index in [9.17, 15) is 14.9 Å². The normalized spacial score (nSPS) is 11.8. The van der Waals surface area contributed by atoms with Crippen molar-refractivity contribution >= 4 is 23.3 Å². The summed E-state index contributed by atoms with van der Waals surface area (Å²) in [6, 6.07) is 12.0. The van der Waals surface area contributed by atoms with Gasteiger partial charge in [0, 0.05) is 22.7 Å². The molecule has 1 aromatic heterocycles. The van der Waals surface area contributed by atoms with Gasteiger partial charge in [0.1, 0.15) is 0 Å². The van der Waals surface area contributed by atoms with Gasteiger partial charge in [-0.15, -0.1) is 10.2 Å². The molecule has 1 atom stereocenters. The van der Waals surface area contributed by atoms with Gasteiger partial charge >= 0.3 is 5.97 Å². The van der Waals surface area contributed by atoms with Gasteiger partial charge in [0.25, 0.3) is 11.6 Å². The van der Waals surface area contributed by atoms with Crippen LogP contribution >= 0.6 is 11.6 Å². The Morgan fingerprint density at radius 3 is 2.62 bits per heavy atom. The summed E-state index contributed by atoms with van der Waals surface area (Å²) in [6.45, 7) is 1.59. The summed E-state index contributed by atoms with van der Waals surface area (Å²) in [7, 11) is 0. The van der Waals surface area contributed by atoms with Crippen molar-refractivity contribution in [2.24, 2.45) is 0 Å². The van der Waals surface area contributed by atoms with E-state index in [0.717, 1.165) is 0 Å². The summed E-state index contributed by atoms with van der Waals surface area (Å²) >= 11 is 5.85. The van der Waals surface area contributed by atoms with Crippen molar-refractivity contribution in [3.63, 3.8) is 0 Å². The molecule has 0 N–H and O–H groups in total. The third-order valence-corrected chi connectivity index (χ3v) is 3.69. The van der Waals surface area contributed by atoms with Gasteiger partial charge in [0.05, 0.1) is 10.5 Å². The van der Waals surface area contributed by atoms with Gasteiger partial charge in [-0.3, -0.25) is 10.1 Å². The molecule has 0 fully saturated rings. The van der Waals surface area contributed by atoms with Gasteiger partial charge in [-0.1, -0.05) is 17.7 Å². The number of rotatable bonds is 5. The first kappa shape index (κ1) is 17.6. The van der Waals surface area contributed by atoms with Crippen LogP contribution in [0.4, 0.5) is 5.69 Å². The average Bonchev–Trinajstić information content (AvgIpc) is 3.12. The van der Waals surface area contributed by atoms with Crippen LogP contribution in [0.5, 0.6) is 0 Å². The fourth-order valence-electron chi connectivity index (χ4n) is 2.14. The Kier molecular flexibility index (Phi) is 4.94. The lowest BCUT2D eigenvalue weighted by molar-refractivity contribution is -0.384. The zero-order valence-corrected chi connectivity index (χ0v) is 14.2. The van der Waals surface area contributed by atoms with Crippen molar-refractivity contribution < 1.29 is 18.9 Å². The maximum Gasteiger partial charge on any atom is 0.338 e. The molecule has 1 unspecified atom stereocenters. The number of nitro benzene ring substituents is 1. The first-order valence-corrected chi connectivity index (χ1v) is 7.86. The summed E-state index contributed by atoms with van der Waals surface area (Å²) in [5.41, 5.74) is 0.777. The monoisotopic (exact) mass is 373 g/mol. The molecule has 0 aliphatic heterocycles. The Morgan fingerprint density at radius 2 is 1.96 bits per heavy atom. The Balaban J connectivity index is 1.72. The summed E-state index contributed by atoms with van der Waals surface area (Å²) in [5, 5.41) is 18.8. The Labute approximate surface area is 152 Å². The molecule has 0 saturated carbocycles. The number of aromatic nitrogens is 2. The number of carbonyl (C=O) groups is 1. The highest BCUT2D eigenvalue weighted by atomic mass is 35.5. The minimum absolute atomic E-state index is 0.0442. The zero-order chi connectivity index (χ0) is 18.7. The van der Waals surface area contributed by atoms with E-state index < -0.39 is 17.0 Å². The molecule has 0 amide bonds. The summed E-state index contributed by atoms with van der Waals surface area (Å²) in [5.74, 6) is -0.302. The molecule has 3 aromatic rings. The van der Waals surface area contributed by atoms with Crippen LogP contribution in [0.25, 0.3) is 11.5 Å². The molecular weight excluding hydrogens is 362 g/mol. The fraction of sp³-hybridized carbons (Fsp3) is 0.118. The lowest BCUT2D eigenvalue weighted by Gasteiger charge is -2.09. The third-order valence-electron chi connectivity index (χ3n) is 3.46. The topological polar surface area (TPSA) is 108 Å². The van der Waals surface area contributed by atoms with Crippen molar-refractivity contribution in [1.29, 1.82) is 0 Å². The largest absolute Gasteiger partial charge is 0.449 e. The molecule has 2 aromatic carbocycles. The molecule has 0 spiro atoms. The molecule has 3 rings (SSSR count). The smallest absolute Gasteiger partial charge is 0.338 e. The highest BCUT2D eigenvalue weighted by Gasteiger charge is 2.20. The van der Waals surface area contributed by atoms with E-state index in [1.807, 2.05) is 0 Å². The molecular formula is C17H12ClN3O5. The number of nitro groups is 1. The van der Waals surface area contributed by atoms with Crippen LogP contribution in [-0.2, 0) is 4.74 Å². The Morgan fingerprint density at radius 1 is 1.23 bits per heavy atom. The molecule has 26 heavy (non-hydrogen) atoms. The predicted octanol–water partition coefficient (Wildman–Crippen LogP) is 4.22. The summed E-state index contributed by atoms with van der Waals surface area (Å²) in [6.07, 6.45) is -0.777. The highest BCUT2D eigenvalue weighted by molar-refractivity contribution is 6.30. The SMILES string of the molecule is CC(OC(=O)c1cccc(Cl)c1)c1nnc(-c2ccc([N+](=O)[O-])cc2)o1. The first-order chi connectivity index (χ1) is 12.4. The van der Waals surface area contributed by atoms with Gasteiger partial charge in [0.2, 0.25) is 5.89 Å². The van der Waals surface area contributed by atoms with Crippen molar-refractivity contribution in [3.05, 3.63) is 75.1 Å². The van der Waals surface area contributed by atoms with Crippen LogP contribution in [0.1, 0.15) is 29.3 Å². The van der Waals surface area contributed by atoms with E-state index in [0.29, 0.717) is 16.1 Å². The van der Waals surface area contributed by atoms with Gasteiger partial charge < -0.3 is 9.15 Å². The number of benzene rings is 2. The molecule has 0 saturated heterocycles. The van der Waals surface area contributed by atoms with Crippen LogP contribution in [0.3, 0.4) is 0 Å². The van der Waals surface area contributed by atoms with Crippen LogP contribution < -0.4 is 0 Å². The zero-order valence-electron chi connectivity index (χ0n) is 13.5. The molecule has 0 aliphatic carbocycles. The summed E-state index contributed by atoms with van der Waals surface area (Å²) < 4.78 is 10.8. The maximum absolute atomic E-state index is 12.1. The predicted molar refractivity (Wildman–Crippen MR) is 91.7 cm³/mol. The van der Waals surface area contributed by atoms with Crippen molar-refractivity contribution in [3.8, 4) is 11.5 Å². The van der Waals surface area contributed by atoms with Crippen molar-refractivity contribution in [2.75, 3.05) is 0 Å². The fourth-order valence-corrected chi connectivity index (χ4v) is 2.33. The molecule has 0 radical (unpaired) electrons. The van der Waals surface area contributed by atoms with Crippen molar-refractivity contribution in [1.82, 2.24) is 10.2 Å². The molecule has 0 bridgehead atoms. The first-order valence-electron chi connectivity index (χ1n) is 7.49. The second-order valence-corrected chi connectivity index (χ2v) is 5.74. The quantitative estimate of drug-likeness (QED) is 0.374. The number of hydrogen-bond donors (Lipinski definition) is 0. The molecule has 132 valence electrons. The van der Waals surface area contributed by atoms with Gasteiger partial charge in [-0.2, -0.15) is 0 Å². The van der Waals surface area contributed by atoms with E-state index in [-0.39, 0.29) is 17.5 Å². The lowest BCUT2D eigenvalue weighted by Crippen LogP contribution is -2.09. The number of carbonyl (C=O) groups excluding carboxylic acids is 1. The molecule has 0 aliphatic rings. The Hall–Kier alpha value is -3.26. The minimum atomic E-state index is -0.777. The Bertz CT molecular complexity index is 955. The van der Waals surface area contributed by atoms with Crippen LogP contribution in [-0.4, -0.2) is 21.1 Å². The molecule has 9 heteroatoms. The number of ether oxygens (including phenoxy) is 1. The summed E-state index contributed by atoms with van der Waals surface area (Å²) in [4.78, 5) is 22.3. The van der Waals surface area contributed by atoms with E-state index in [2.05, 4.69) is 10.2 Å². The van der Waals surface area contributed by atoms with E-state index in [1.54, 1.807) is 25.1 Å². The van der Waals surface area contributed by atoms with Crippen LogP contribution in [0.15, 0.2) is 52.9 Å². The second-order valence-electron chi connectivity index (χ2n) is 5.31. The van der Waals surface area contributed by atoms with Gasteiger partial charge in [-0.25, -0.2) is 4.79 Å². The number of nitrogens with zero attached hydrogens (tertiary/aromatic N) is 3. The number of halogens is 1. The minimum Gasteiger partial charge on any atom is -0.449 e. The third kappa shape index (κ3) is 3.86. The maximum atomic E-state index is 12.1. The molecule has 8 nitrogen and oxygen atoms in total. The van der Waals surface area contributed by atoms with Gasteiger partial charge in [0.15, 0.2) is 6.10 Å². The van der Waals surface area contributed by atoms with E-state index in [1.165, 1.54) is 30.3 Å². The average molecular weight is 374 g/mol. The molecule has 1 heterocycles. The van der Waals surface area contributed by atoms with Crippen LogP contribution in [0, 0.1) is 10.1 Å². The van der Waals surface area contributed by atoms with E-state index >= 15 is 0 Å². The number of esters is 1. The van der Waals surface area contributed by atoms with Crippen LogP contribution in [0.2, 0.25) is 5.02 Å². The highest BCUT2D eigenvalue weighted by Crippen LogP contribution is 2.25. The number of hydrogen-bond acceptors (Lipinski definition) is 7. The van der Waals surface area contributed by atoms with Crippen molar-refractivity contribution in [2.45, 2.75) is 13.0 Å². The second kappa shape index (κ2) is 7.32. The lowest BCUT2D eigenvalue weighted by atomic mass is 10.2. The standard InChI is InChI=1S/C17H12ClN3O5/c1-10(25-17(22)12-3-2-4-13(18)9-12)15-19-20-16(26-15)11-5-7-14(8-6-11)21(23)24/h2-10H,1H3. The van der Waals surface area contributed by atoms with Gasteiger partial charge in [-0.05, 0) is 37.3 Å². The number of non-ortho nitro benzene ring substituents is 1. The van der Waals surface area contributed by atoms with E-state index in [4.69, 9.17) is 20.8 Å².